The minimum Gasteiger partial charge on any atom is -0.375 e. The third kappa shape index (κ3) is 7.77. The molecule has 1 saturated carbocycles. The Labute approximate surface area is 120 Å². The van der Waals surface area contributed by atoms with Crippen LogP contribution in [0.5, 0.6) is 0 Å². The number of rotatable bonds is 8. The van der Waals surface area contributed by atoms with Gasteiger partial charge in [0.05, 0.1) is 12.2 Å². The molecule has 19 heavy (non-hydrogen) atoms. The van der Waals surface area contributed by atoms with Gasteiger partial charge in [0, 0.05) is 0 Å². The van der Waals surface area contributed by atoms with E-state index in [0.717, 1.165) is 5.92 Å². The predicted molar refractivity (Wildman–Crippen MR) is 84.4 cm³/mol. The molecule has 0 heterocycles. The number of ether oxygens (including phenoxy) is 1. The van der Waals surface area contributed by atoms with Gasteiger partial charge in [-0.1, -0.05) is 59.1 Å². The Morgan fingerprint density at radius 1 is 1.21 bits per heavy atom. The van der Waals surface area contributed by atoms with Crippen molar-refractivity contribution in [2.45, 2.75) is 91.3 Å². The highest BCUT2D eigenvalue weighted by atomic mass is 16.5. The zero-order chi connectivity index (χ0) is 14.1. The smallest absolute Gasteiger partial charge is 0.0581 e. The quantitative estimate of drug-likeness (QED) is 0.509. The van der Waals surface area contributed by atoms with E-state index in [1.54, 1.807) is 0 Å². The summed E-state index contributed by atoms with van der Waals surface area (Å²) in [4.78, 5) is 0. The van der Waals surface area contributed by atoms with Crippen molar-refractivity contribution in [1.82, 2.24) is 0 Å². The van der Waals surface area contributed by atoms with E-state index in [-0.39, 0.29) is 0 Å². The second-order valence-electron chi connectivity index (χ2n) is 6.69. The van der Waals surface area contributed by atoms with E-state index in [2.05, 4.69) is 39.8 Å². The first-order chi connectivity index (χ1) is 9.11. The molecule has 1 aliphatic rings. The second-order valence-corrected chi connectivity index (χ2v) is 6.69. The fourth-order valence-electron chi connectivity index (χ4n) is 3.03. The molecule has 0 radical (unpaired) electrons. The van der Waals surface area contributed by atoms with Gasteiger partial charge >= 0.3 is 0 Å². The summed E-state index contributed by atoms with van der Waals surface area (Å²) in [6.07, 6.45) is 15.8. The Bertz CT molecular complexity index is 244. The van der Waals surface area contributed by atoms with E-state index in [1.807, 2.05) is 0 Å². The van der Waals surface area contributed by atoms with E-state index in [1.165, 1.54) is 51.4 Å². The van der Waals surface area contributed by atoms with Gasteiger partial charge in [0.25, 0.3) is 0 Å². The maximum absolute atomic E-state index is 6.38. The molecule has 0 bridgehead atoms. The van der Waals surface area contributed by atoms with Crippen molar-refractivity contribution < 1.29 is 4.74 Å². The molecule has 0 aromatic carbocycles. The van der Waals surface area contributed by atoms with E-state index in [9.17, 15) is 0 Å². The summed E-state index contributed by atoms with van der Waals surface area (Å²) in [7, 11) is 0. The molecule has 3 atom stereocenters. The molecule has 0 amide bonds. The van der Waals surface area contributed by atoms with Gasteiger partial charge in [0.1, 0.15) is 0 Å². The lowest BCUT2D eigenvalue weighted by atomic mass is 9.88. The van der Waals surface area contributed by atoms with Gasteiger partial charge in [-0.3, -0.25) is 0 Å². The predicted octanol–water partition coefficient (Wildman–Crippen LogP) is 5.74. The Morgan fingerprint density at radius 2 is 2.00 bits per heavy atom. The highest BCUT2D eigenvalue weighted by molar-refractivity contribution is 4.85. The van der Waals surface area contributed by atoms with Gasteiger partial charge in [0.2, 0.25) is 0 Å². The van der Waals surface area contributed by atoms with Crippen LogP contribution in [0.1, 0.15) is 79.1 Å². The van der Waals surface area contributed by atoms with E-state index in [4.69, 9.17) is 4.74 Å². The van der Waals surface area contributed by atoms with E-state index >= 15 is 0 Å². The molecule has 1 fully saturated rings. The van der Waals surface area contributed by atoms with E-state index < -0.39 is 0 Å². The third-order valence-corrected chi connectivity index (χ3v) is 4.06. The summed E-state index contributed by atoms with van der Waals surface area (Å²) in [6.45, 7) is 9.11. The minimum atomic E-state index is 0.483. The molecule has 0 saturated heterocycles. The zero-order valence-corrected chi connectivity index (χ0v) is 13.5. The fourth-order valence-corrected chi connectivity index (χ4v) is 3.03. The summed E-state index contributed by atoms with van der Waals surface area (Å²) in [5.74, 6) is 1.53. The van der Waals surface area contributed by atoms with Crippen LogP contribution in [0.4, 0.5) is 0 Å². The van der Waals surface area contributed by atoms with Crippen LogP contribution in [0, 0.1) is 11.8 Å². The lowest BCUT2D eigenvalue weighted by Gasteiger charge is -2.30. The highest BCUT2D eigenvalue weighted by Gasteiger charge is 2.22. The third-order valence-electron chi connectivity index (χ3n) is 4.06. The first kappa shape index (κ1) is 16.8. The lowest BCUT2D eigenvalue weighted by Crippen LogP contribution is -2.27. The molecule has 0 aromatic heterocycles. The molecule has 0 aromatic rings. The van der Waals surface area contributed by atoms with Crippen molar-refractivity contribution in [2.75, 3.05) is 0 Å². The molecule has 1 aliphatic carbocycles. The zero-order valence-electron chi connectivity index (χ0n) is 13.5. The van der Waals surface area contributed by atoms with Gasteiger partial charge in [0.15, 0.2) is 0 Å². The van der Waals surface area contributed by atoms with Crippen molar-refractivity contribution in [3.05, 3.63) is 12.2 Å². The summed E-state index contributed by atoms with van der Waals surface area (Å²) in [6, 6.07) is 0. The van der Waals surface area contributed by atoms with Crippen LogP contribution in [-0.2, 0) is 4.74 Å². The largest absolute Gasteiger partial charge is 0.375 e. The lowest BCUT2D eigenvalue weighted by molar-refractivity contribution is -0.0451. The van der Waals surface area contributed by atoms with Crippen LogP contribution in [0.2, 0.25) is 0 Å². The topological polar surface area (TPSA) is 9.23 Å². The standard InChI is InChI=1S/C18H34O/c1-5-9-17(12-7-6-10-15(2)3)19-18-13-8-11-16(4)14-18/h6,10,15-18H,5,7-9,11-14H2,1-4H3/b10-6-. The number of hydrogen-bond donors (Lipinski definition) is 0. The molecule has 1 rings (SSSR count). The Kier molecular flexibility index (Phi) is 8.45. The first-order valence-corrected chi connectivity index (χ1v) is 8.43. The Hall–Kier alpha value is -0.300. The van der Waals surface area contributed by atoms with Gasteiger partial charge < -0.3 is 4.74 Å². The van der Waals surface area contributed by atoms with Crippen LogP contribution in [0.25, 0.3) is 0 Å². The minimum absolute atomic E-state index is 0.483. The van der Waals surface area contributed by atoms with Gasteiger partial charge in [-0.2, -0.15) is 0 Å². The monoisotopic (exact) mass is 266 g/mol. The van der Waals surface area contributed by atoms with Crippen LogP contribution >= 0.6 is 0 Å². The molecule has 0 N–H and O–H groups in total. The summed E-state index contributed by atoms with van der Waals surface area (Å²) in [5.41, 5.74) is 0. The van der Waals surface area contributed by atoms with Gasteiger partial charge in [-0.05, 0) is 43.9 Å². The Morgan fingerprint density at radius 3 is 2.63 bits per heavy atom. The molecule has 0 aliphatic heterocycles. The molecule has 1 nitrogen and oxygen atoms in total. The maximum Gasteiger partial charge on any atom is 0.0581 e. The van der Waals surface area contributed by atoms with Gasteiger partial charge in [-0.15, -0.1) is 0 Å². The van der Waals surface area contributed by atoms with Crippen molar-refractivity contribution in [2.24, 2.45) is 11.8 Å². The highest BCUT2D eigenvalue weighted by Crippen LogP contribution is 2.28. The maximum atomic E-state index is 6.38. The van der Waals surface area contributed by atoms with Crippen molar-refractivity contribution in [3.8, 4) is 0 Å². The van der Waals surface area contributed by atoms with Crippen LogP contribution in [-0.4, -0.2) is 12.2 Å². The molecule has 0 spiro atoms. The number of hydrogen-bond acceptors (Lipinski definition) is 1. The SMILES string of the molecule is CCCC(CC/C=C\C(C)C)OC1CCCC(C)C1. The van der Waals surface area contributed by atoms with Crippen LogP contribution < -0.4 is 0 Å². The fraction of sp³-hybridized carbons (Fsp3) is 0.889. The van der Waals surface area contributed by atoms with Crippen molar-refractivity contribution in [3.63, 3.8) is 0 Å². The first-order valence-electron chi connectivity index (χ1n) is 8.43. The normalized spacial score (nSPS) is 26.2. The average molecular weight is 266 g/mol. The summed E-state index contributed by atoms with van der Waals surface area (Å²) in [5, 5.41) is 0. The molecule has 112 valence electrons. The Balaban J connectivity index is 2.30. The van der Waals surface area contributed by atoms with Crippen molar-refractivity contribution in [1.29, 1.82) is 0 Å². The number of allylic oxidation sites excluding steroid dienone is 2. The molecular weight excluding hydrogens is 232 g/mol. The van der Waals surface area contributed by atoms with Gasteiger partial charge in [-0.25, -0.2) is 0 Å². The van der Waals surface area contributed by atoms with Crippen molar-refractivity contribution >= 4 is 0 Å². The molecular formula is C18H34O. The van der Waals surface area contributed by atoms with Crippen LogP contribution in [0.3, 0.4) is 0 Å². The summed E-state index contributed by atoms with van der Waals surface area (Å²) < 4.78 is 6.38. The molecule has 3 unspecified atom stereocenters. The van der Waals surface area contributed by atoms with E-state index in [0.29, 0.717) is 18.1 Å². The second kappa shape index (κ2) is 9.58. The summed E-state index contributed by atoms with van der Waals surface area (Å²) >= 11 is 0. The van der Waals surface area contributed by atoms with Crippen LogP contribution in [0.15, 0.2) is 12.2 Å². The molecule has 1 heteroatoms. The average Bonchev–Trinajstić information content (AvgIpc) is 2.34.